The summed E-state index contributed by atoms with van der Waals surface area (Å²) in [6.45, 7) is 6.53. The topological polar surface area (TPSA) is 66.9 Å². The van der Waals surface area contributed by atoms with Gasteiger partial charge in [-0.25, -0.2) is 9.97 Å². The molecule has 138 valence electrons. The van der Waals surface area contributed by atoms with Crippen LogP contribution in [0.3, 0.4) is 0 Å². The van der Waals surface area contributed by atoms with Crippen molar-refractivity contribution in [2.45, 2.75) is 27.2 Å². The quantitative estimate of drug-likeness (QED) is 0.687. The first-order chi connectivity index (χ1) is 13.0. The number of hydrogen-bond acceptors (Lipinski definition) is 4. The molecule has 0 saturated carbocycles. The number of aryl methyl sites for hydroxylation is 3. The Morgan fingerprint density at radius 2 is 1.74 bits per heavy atom. The molecule has 5 nitrogen and oxygen atoms in total. The molecule has 0 aliphatic carbocycles. The van der Waals surface area contributed by atoms with E-state index in [1.54, 1.807) is 6.07 Å². The smallest absolute Gasteiger partial charge is 0.274 e. The fourth-order valence-electron chi connectivity index (χ4n) is 2.78. The number of anilines is 2. The second-order valence-electron chi connectivity index (χ2n) is 6.65. The number of amides is 1. The van der Waals surface area contributed by atoms with Crippen LogP contribution in [0.1, 0.15) is 32.9 Å². The van der Waals surface area contributed by atoms with Crippen molar-refractivity contribution in [2.75, 3.05) is 17.2 Å². The molecule has 0 unspecified atom stereocenters. The van der Waals surface area contributed by atoms with Crippen molar-refractivity contribution in [3.05, 3.63) is 82.7 Å². The highest BCUT2D eigenvalue weighted by Crippen LogP contribution is 2.17. The minimum absolute atomic E-state index is 0.236. The predicted octanol–water partition coefficient (Wildman–Crippen LogP) is 4.31. The molecule has 0 fully saturated rings. The number of aromatic nitrogens is 2. The molecule has 0 radical (unpaired) electrons. The molecule has 0 bridgehead atoms. The zero-order chi connectivity index (χ0) is 19.2. The highest BCUT2D eigenvalue weighted by molar-refractivity contribution is 6.03. The number of carbonyl (C=O) groups excluding carboxylic acids is 1. The van der Waals surface area contributed by atoms with E-state index < -0.39 is 0 Å². The van der Waals surface area contributed by atoms with Crippen molar-refractivity contribution in [1.29, 1.82) is 0 Å². The molecule has 5 heteroatoms. The summed E-state index contributed by atoms with van der Waals surface area (Å²) in [6.07, 6.45) is 0.863. The van der Waals surface area contributed by atoms with Crippen molar-refractivity contribution in [1.82, 2.24) is 9.97 Å². The first kappa shape index (κ1) is 18.6. The third-order valence-electron chi connectivity index (χ3n) is 4.27. The SMILES string of the molecule is Cc1ccc(C)c(NC(=O)c2cc(C)nc(NCCc3ccccc3)n2)c1. The molecule has 3 aromatic rings. The van der Waals surface area contributed by atoms with Gasteiger partial charge in [0.1, 0.15) is 5.69 Å². The molecule has 0 spiro atoms. The Morgan fingerprint density at radius 3 is 2.52 bits per heavy atom. The van der Waals surface area contributed by atoms with Gasteiger partial charge in [-0.1, -0.05) is 42.5 Å². The number of rotatable bonds is 6. The first-order valence-corrected chi connectivity index (χ1v) is 9.03. The van der Waals surface area contributed by atoms with E-state index in [0.29, 0.717) is 18.2 Å². The Kier molecular flexibility index (Phi) is 5.81. The summed E-state index contributed by atoms with van der Waals surface area (Å²) in [5, 5.41) is 6.16. The molecular weight excluding hydrogens is 336 g/mol. The third kappa shape index (κ3) is 5.14. The molecule has 1 heterocycles. The monoisotopic (exact) mass is 360 g/mol. The Bertz CT molecular complexity index is 938. The Labute approximate surface area is 159 Å². The normalized spacial score (nSPS) is 10.5. The average molecular weight is 360 g/mol. The lowest BCUT2D eigenvalue weighted by atomic mass is 10.1. The lowest BCUT2D eigenvalue weighted by Gasteiger charge is -2.11. The minimum Gasteiger partial charge on any atom is -0.354 e. The first-order valence-electron chi connectivity index (χ1n) is 9.03. The van der Waals surface area contributed by atoms with Gasteiger partial charge in [-0.05, 0) is 56.0 Å². The van der Waals surface area contributed by atoms with E-state index in [4.69, 9.17) is 0 Å². The van der Waals surface area contributed by atoms with Crippen molar-refractivity contribution in [3.63, 3.8) is 0 Å². The van der Waals surface area contributed by atoms with Gasteiger partial charge in [0, 0.05) is 17.9 Å². The summed E-state index contributed by atoms with van der Waals surface area (Å²) in [5.74, 6) is 0.234. The standard InChI is InChI=1S/C22H24N4O/c1-15-9-10-16(2)19(13-15)25-21(27)20-14-17(3)24-22(26-20)23-12-11-18-7-5-4-6-8-18/h4-10,13-14H,11-12H2,1-3H3,(H,25,27)(H,23,24,26). The largest absolute Gasteiger partial charge is 0.354 e. The van der Waals surface area contributed by atoms with Crippen molar-refractivity contribution in [3.8, 4) is 0 Å². The van der Waals surface area contributed by atoms with Gasteiger partial charge in [0.25, 0.3) is 5.91 Å². The molecule has 27 heavy (non-hydrogen) atoms. The van der Waals surface area contributed by atoms with Crippen LogP contribution < -0.4 is 10.6 Å². The van der Waals surface area contributed by atoms with Crippen LogP contribution in [-0.2, 0) is 6.42 Å². The average Bonchev–Trinajstić information content (AvgIpc) is 2.65. The van der Waals surface area contributed by atoms with E-state index in [-0.39, 0.29) is 5.91 Å². The lowest BCUT2D eigenvalue weighted by Crippen LogP contribution is -2.17. The summed E-state index contributed by atoms with van der Waals surface area (Å²) in [5.41, 5.74) is 5.25. The minimum atomic E-state index is -0.236. The lowest BCUT2D eigenvalue weighted by molar-refractivity contribution is 0.102. The van der Waals surface area contributed by atoms with E-state index in [1.165, 1.54) is 5.56 Å². The van der Waals surface area contributed by atoms with Gasteiger partial charge in [0.15, 0.2) is 0 Å². The summed E-state index contributed by atoms with van der Waals surface area (Å²) >= 11 is 0. The van der Waals surface area contributed by atoms with E-state index in [9.17, 15) is 4.79 Å². The highest BCUT2D eigenvalue weighted by Gasteiger charge is 2.12. The van der Waals surface area contributed by atoms with Crippen molar-refractivity contribution >= 4 is 17.5 Å². The molecule has 0 saturated heterocycles. The Morgan fingerprint density at radius 1 is 0.963 bits per heavy atom. The summed E-state index contributed by atoms with van der Waals surface area (Å²) in [4.78, 5) is 21.4. The molecule has 3 rings (SSSR count). The van der Waals surface area contributed by atoms with Crippen molar-refractivity contribution in [2.24, 2.45) is 0 Å². The van der Waals surface area contributed by atoms with Crippen LogP contribution in [0.2, 0.25) is 0 Å². The fourth-order valence-corrected chi connectivity index (χ4v) is 2.78. The van der Waals surface area contributed by atoms with E-state index in [0.717, 1.165) is 28.9 Å². The Hall–Kier alpha value is -3.21. The summed E-state index contributed by atoms with van der Waals surface area (Å²) < 4.78 is 0. The van der Waals surface area contributed by atoms with Gasteiger partial charge in [0.05, 0.1) is 0 Å². The Balaban J connectivity index is 1.68. The van der Waals surface area contributed by atoms with Gasteiger partial charge in [-0.3, -0.25) is 4.79 Å². The van der Waals surface area contributed by atoms with Gasteiger partial charge in [0.2, 0.25) is 5.95 Å². The number of benzene rings is 2. The van der Waals surface area contributed by atoms with E-state index in [2.05, 4.69) is 32.7 Å². The highest BCUT2D eigenvalue weighted by atomic mass is 16.1. The van der Waals surface area contributed by atoms with Crippen LogP contribution >= 0.6 is 0 Å². The molecule has 2 aromatic carbocycles. The molecular formula is C22H24N4O. The predicted molar refractivity (Wildman–Crippen MR) is 109 cm³/mol. The zero-order valence-electron chi connectivity index (χ0n) is 15.9. The number of carbonyl (C=O) groups is 1. The molecule has 1 aromatic heterocycles. The van der Waals surface area contributed by atoms with Crippen LogP contribution in [0.25, 0.3) is 0 Å². The van der Waals surface area contributed by atoms with Gasteiger partial charge in [-0.2, -0.15) is 0 Å². The van der Waals surface area contributed by atoms with E-state index in [1.807, 2.05) is 57.2 Å². The van der Waals surface area contributed by atoms with E-state index >= 15 is 0 Å². The molecule has 0 aliphatic heterocycles. The fraction of sp³-hybridized carbons (Fsp3) is 0.227. The van der Waals surface area contributed by atoms with Crippen molar-refractivity contribution < 1.29 is 4.79 Å². The maximum atomic E-state index is 12.6. The third-order valence-corrected chi connectivity index (χ3v) is 4.27. The van der Waals surface area contributed by atoms with Crippen LogP contribution in [0.5, 0.6) is 0 Å². The molecule has 1 amide bonds. The summed E-state index contributed by atoms with van der Waals surface area (Å²) in [6, 6.07) is 17.9. The number of nitrogens with one attached hydrogen (secondary N) is 2. The number of nitrogens with zero attached hydrogens (tertiary/aromatic N) is 2. The van der Waals surface area contributed by atoms with Gasteiger partial charge >= 0.3 is 0 Å². The maximum absolute atomic E-state index is 12.6. The van der Waals surface area contributed by atoms with Crippen LogP contribution in [0.15, 0.2) is 54.6 Å². The molecule has 2 N–H and O–H groups in total. The van der Waals surface area contributed by atoms with Crippen LogP contribution in [0.4, 0.5) is 11.6 Å². The second kappa shape index (κ2) is 8.45. The zero-order valence-corrected chi connectivity index (χ0v) is 15.9. The molecule has 0 atom stereocenters. The maximum Gasteiger partial charge on any atom is 0.274 e. The summed E-state index contributed by atoms with van der Waals surface area (Å²) in [7, 11) is 0. The van der Waals surface area contributed by atoms with Gasteiger partial charge < -0.3 is 10.6 Å². The van der Waals surface area contributed by atoms with Gasteiger partial charge in [-0.15, -0.1) is 0 Å². The number of hydrogen-bond donors (Lipinski definition) is 2. The van der Waals surface area contributed by atoms with Crippen LogP contribution in [0, 0.1) is 20.8 Å². The van der Waals surface area contributed by atoms with Crippen LogP contribution in [-0.4, -0.2) is 22.4 Å². The molecule has 0 aliphatic rings. The second-order valence-corrected chi connectivity index (χ2v) is 6.65.